The summed E-state index contributed by atoms with van der Waals surface area (Å²) >= 11 is 0. The van der Waals surface area contributed by atoms with Gasteiger partial charge in [0.25, 0.3) is 5.88 Å². The van der Waals surface area contributed by atoms with E-state index in [1.807, 2.05) is 13.8 Å². The molecule has 18 heavy (non-hydrogen) atoms. The van der Waals surface area contributed by atoms with E-state index in [0.29, 0.717) is 18.9 Å². The maximum Gasteiger partial charge on any atom is 0.252 e. The normalized spacial score (nSPS) is 28.1. The summed E-state index contributed by atoms with van der Waals surface area (Å²) in [5.74, 6) is -2.33. The van der Waals surface area contributed by atoms with Crippen molar-refractivity contribution in [3.63, 3.8) is 0 Å². The molecule has 1 aromatic rings. The van der Waals surface area contributed by atoms with Gasteiger partial charge in [0.15, 0.2) is 17.5 Å². The maximum absolute atomic E-state index is 13.5. The molecule has 0 saturated carbocycles. The Morgan fingerprint density at radius 1 is 1.28 bits per heavy atom. The van der Waals surface area contributed by atoms with Gasteiger partial charge in [-0.1, -0.05) is 0 Å². The highest BCUT2D eigenvalue weighted by atomic mass is 19.1. The second-order valence-electron chi connectivity index (χ2n) is 4.61. The fourth-order valence-corrected chi connectivity index (χ4v) is 2.14. The van der Waals surface area contributed by atoms with Crippen LogP contribution < -0.4 is 10.5 Å². The molecule has 100 valence electrons. The van der Waals surface area contributed by atoms with E-state index in [1.165, 1.54) is 0 Å². The average molecular weight is 258 g/mol. The van der Waals surface area contributed by atoms with Gasteiger partial charge in [0.1, 0.15) is 6.10 Å². The largest absolute Gasteiger partial charge is 0.472 e. The van der Waals surface area contributed by atoms with E-state index in [2.05, 4.69) is 4.98 Å². The molecule has 0 radical (unpaired) electrons. The number of anilines is 1. The summed E-state index contributed by atoms with van der Waals surface area (Å²) in [5, 5.41) is 0. The van der Waals surface area contributed by atoms with Gasteiger partial charge < -0.3 is 15.2 Å². The van der Waals surface area contributed by atoms with E-state index >= 15 is 0 Å². The van der Waals surface area contributed by atoms with Gasteiger partial charge in [-0.15, -0.1) is 0 Å². The van der Waals surface area contributed by atoms with Crippen molar-refractivity contribution < 1.29 is 18.3 Å². The van der Waals surface area contributed by atoms with Gasteiger partial charge in [-0.05, 0) is 13.8 Å². The number of nitrogens with zero attached hydrogens (tertiary/aromatic N) is 1. The van der Waals surface area contributed by atoms with Gasteiger partial charge in [-0.3, -0.25) is 0 Å². The number of rotatable bonds is 2. The lowest BCUT2D eigenvalue weighted by Crippen LogP contribution is -2.36. The molecule has 1 aliphatic rings. The van der Waals surface area contributed by atoms with Crippen molar-refractivity contribution >= 4 is 5.82 Å². The topological polar surface area (TPSA) is 57.4 Å². The van der Waals surface area contributed by atoms with Crippen LogP contribution in [0.4, 0.5) is 14.6 Å². The fraction of sp³-hybridized carbons (Fsp3) is 0.583. The minimum Gasteiger partial charge on any atom is -0.472 e. The Morgan fingerprint density at radius 2 is 1.89 bits per heavy atom. The average Bonchev–Trinajstić information content (AvgIpc) is 2.24. The first-order valence-corrected chi connectivity index (χ1v) is 5.89. The van der Waals surface area contributed by atoms with Crippen molar-refractivity contribution in [2.45, 2.75) is 45.0 Å². The molecule has 4 nitrogen and oxygen atoms in total. The third-order valence-electron chi connectivity index (χ3n) is 2.86. The zero-order valence-electron chi connectivity index (χ0n) is 10.3. The highest BCUT2D eigenvalue weighted by Gasteiger charge is 2.27. The molecular formula is C12H16F2N2O2. The Morgan fingerprint density at radius 3 is 2.50 bits per heavy atom. The molecule has 6 heteroatoms. The van der Waals surface area contributed by atoms with Crippen molar-refractivity contribution in [3.05, 3.63) is 17.7 Å². The van der Waals surface area contributed by atoms with Crippen LogP contribution in [0.3, 0.4) is 0 Å². The molecule has 2 N–H and O–H groups in total. The summed E-state index contributed by atoms with van der Waals surface area (Å²) in [6.07, 6.45) is 1.17. The number of nitrogens with two attached hydrogens (primary N) is 1. The minimum absolute atomic E-state index is 0.0413. The summed E-state index contributed by atoms with van der Waals surface area (Å²) in [6, 6.07) is 0.684. The molecule has 1 saturated heterocycles. The SMILES string of the molecule is CC1CC(Oc2nc(N)c(F)cc2F)CC(C)O1. The maximum atomic E-state index is 13.5. The first-order valence-electron chi connectivity index (χ1n) is 5.89. The fourth-order valence-electron chi connectivity index (χ4n) is 2.14. The van der Waals surface area contributed by atoms with Gasteiger partial charge in [-0.25, -0.2) is 8.78 Å². The molecule has 0 amide bonds. The Bertz CT molecular complexity index is 432. The molecule has 2 heterocycles. The lowest BCUT2D eigenvalue weighted by atomic mass is 10.0. The number of pyridine rings is 1. The molecule has 1 fully saturated rings. The second kappa shape index (κ2) is 5.06. The predicted molar refractivity (Wildman–Crippen MR) is 62.2 cm³/mol. The van der Waals surface area contributed by atoms with Gasteiger partial charge >= 0.3 is 0 Å². The smallest absolute Gasteiger partial charge is 0.252 e. The van der Waals surface area contributed by atoms with Gasteiger partial charge in [0, 0.05) is 18.9 Å². The van der Waals surface area contributed by atoms with Crippen molar-refractivity contribution in [3.8, 4) is 5.88 Å². The predicted octanol–water partition coefficient (Wildman–Crippen LogP) is 2.28. The molecule has 0 aromatic carbocycles. The molecule has 0 aliphatic carbocycles. The Kier molecular flexibility index (Phi) is 3.65. The van der Waals surface area contributed by atoms with Crippen molar-refractivity contribution in [2.75, 3.05) is 5.73 Å². The summed E-state index contributed by atoms with van der Waals surface area (Å²) in [5.41, 5.74) is 5.29. The van der Waals surface area contributed by atoms with Crippen LogP contribution in [0.2, 0.25) is 0 Å². The number of ether oxygens (including phenoxy) is 2. The summed E-state index contributed by atoms with van der Waals surface area (Å²) in [4.78, 5) is 3.58. The third-order valence-corrected chi connectivity index (χ3v) is 2.86. The van der Waals surface area contributed by atoms with E-state index in [0.717, 1.165) is 0 Å². The van der Waals surface area contributed by atoms with Crippen LogP contribution in [-0.2, 0) is 4.74 Å². The van der Waals surface area contributed by atoms with Crippen LogP contribution >= 0.6 is 0 Å². The molecule has 0 spiro atoms. The zero-order chi connectivity index (χ0) is 13.3. The Labute approximate surface area is 104 Å². The standard InChI is InChI=1S/C12H16F2N2O2/c1-6-3-8(4-7(2)17-6)18-12-10(14)5-9(13)11(15)16-12/h5-8H,3-4H2,1-2H3,(H2,15,16). The zero-order valence-corrected chi connectivity index (χ0v) is 10.3. The van der Waals surface area contributed by atoms with Crippen molar-refractivity contribution in [1.82, 2.24) is 4.98 Å². The van der Waals surface area contributed by atoms with E-state index in [9.17, 15) is 8.78 Å². The monoisotopic (exact) mass is 258 g/mol. The van der Waals surface area contributed by atoms with Crippen LogP contribution in [-0.4, -0.2) is 23.3 Å². The molecule has 0 bridgehead atoms. The van der Waals surface area contributed by atoms with Crippen molar-refractivity contribution in [1.29, 1.82) is 0 Å². The second-order valence-corrected chi connectivity index (χ2v) is 4.61. The van der Waals surface area contributed by atoms with Gasteiger partial charge in [0.2, 0.25) is 0 Å². The minimum atomic E-state index is -0.881. The van der Waals surface area contributed by atoms with E-state index in [1.54, 1.807) is 0 Å². The molecule has 2 atom stereocenters. The van der Waals surface area contributed by atoms with Crippen LogP contribution in [0.1, 0.15) is 26.7 Å². The van der Waals surface area contributed by atoms with Crippen LogP contribution in [0, 0.1) is 11.6 Å². The lowest BCUT2D eigenvalue weighted by molar-refractivity contribution is -0.0736. The first kappa shape index (κ1) is 13.0. The Balaban J connectivity index is 2.11. The summed E-state index contributed by atoms with van der Waals surface area (Å²) in [7, 11) is 0. The quantitative estimate of drug-likeness (QED) is 0.884. The number of hydrogen-bond acceptors (Lipinski definition) is 4. The number of nitrogen functional groups attached to an aromatic ring is 1. The number of hydrogen-bond donors (Lipinski definition) is 1. The molecule has 2 unspecified atom stereocenters. The molecule has 1 aromatic heterocycles. The van der Waals surface area contributed by atoms with Crippen LogP contribution in [0.5, 0.6) is 5.88 Å². The van der Waals surface area contributed by atoms with Crippen LogP contribution in [0.25, 0.3) is 0 Å². The summed E-state index contributed by atoms with van der Waals surface area (Å²) < 4.78 is 37.4. The van der Waals surface area contributed by atoms with Gasteiger partial charge in [0.05, 0.1) is 12.2 Å². The lowest BCUT2D eigenvalue weighted by Gasteiger charge is -2.31. The van der Waals surface area contributed by atoms with Gasteiger partial charge in [-0.2, -0.15) is 4.98 Å². The number of aromatic nitrogens is 1. The third kappa shape index (κ3) is 2.87. The highest BCUT2D eigenvalue weighted by molar-refractivity contribution is 5.34. The van der Waals surface area contributed by atoms with E-state index < -0.39 is 11.6 Å². The molecular weight excluding hydrogens is 242 g/mol. The Hall–Kier alpha value is -1.43. The van der Waals surface area contributed by atoms with E-state index in [-0.39, 0.29) is 30.0 Å². The molecule has 1 aliphatic heterocycles. The van der Waals surface area contributed by atoms with Crippen LogP contribution in [0.15, 0.2) is 6.07 Å². The number of halogens is 2. The first-order chi connectivity index (χ1) is 8.45. The highest BCUT2D eigenvalue weighted by Crippen LogP contribution is 2.26. The van der Waals surface area contributed by atoms with Crippen molar-refractivity contribution in [2.24, 2.45) is 0 Å². The molecule has 2 rings (SSSR count). The summed E-state index contributed by atoms with van der Waals surface area (Å²) in [6.45, 7) is 3.85. The van der Waals surface area contributed by atoms with E-state index in [4.69, 9.17) is 15.2 Å².